The van der Waals surface area contributed by atoms with Gasteiger partial charge in [0, 0.05) is 10.5 Å². The summed E-state index contributed by atoms with van der Waals surface area (Å²) >= 11 is 3.33. The lowest BCUT2D eigenvalue weighted by Gasteiger charge is -2.20. The van der Waals surface area contributed by atoms with Crippen molar-refractivity contribution in [1.29, 1.82) is 0 Å². The van der Waals surface area contributed by atoms with E-state index in [-0.39, 0.29) is 5.76 Å². The Labute approximate surface area is 125 Å². The minimum atomic E-state index is -0.795. The van der Waals surface area contributed by atoms with E-state index in [0.29, 0.717) is 5.69 Å². The van der Waals surface area contributed by atoms with Crippen molar-refractivity contribution in [1.82, 2.24) is 10.5 Å². The molecule has 0 aliphatic carbocycles. The van der Waals surface area contributed by atoms with Gasteiger partial charge in [-0.25, -0.2) is 0 Å². The second kappa shape index (κ2) is 6.19. The number of amides is 1. The Morgan fingerprint density at radius 2 is 2.05 bits per heavy atom. The van der Waals surface area contributed by atoms with Gasteiger partial charge in [0.15, 0.2) is 0 Å². The smallest absolute Gasteiger partial charge is 0.290 e. The summed E-state index contributed by atoms with van der Waals surface area (Å²) in [6, 6.07) is 8.38. The van der Waals surface area contributed by atoms with E-state index in [4.69, 9.17) is 4.52 Å². The first kappa shape index (κ1) is 14.7. The zero-order chi connectivity index (χ0) is 14.7. The Hall–Kier alpha value is -1.66. The van der Waals surface area contributed by atoms with Crippen LogP contribution in [0.4, 0.5) is 0 Å². The Kier molecular flexibility index (Phi) is 4.57. The third-order valence-electron chi connectivity index (χ3n) is 2.90. The molecule has 0 spiro atoms. The van der Waals surface area contributed by atoms with E-state index in [1.807, 2.05) is 12.1 Å². The molecule has 5 nitrogen and oxygen atoms in total. The number of halogens is 1. The highest BCUT2D eigenvalue weighted by Gasteiger charge is 2.21. The fourth-order valence-electron chi connectivity index (χ4n) is 1.78. The molecular formula is C14H15BrN2O3. The number of rotatable bonds is 4. The van der Waals surface area contributed by atoms with E-state index in [9.17, 15) is 9.90 Å². The van der Waals surface area contributed by atoms with Gasteiger partial charge >= 0.3 is 0 Å². The van der Waals surface area contributed by atoms with Crippen molar-refractivity contribution in [3.8, 4) is 0 Å². The Morgan fingerprint density at radius 1 is 1.40 bits per heavy atom. The molecule has 1 aromatic carbocycles. The van der Waals surface area contributed by atoms with Crippen LogP contribution >= 0.6 is 15.9 Å². The Morgan fingerprint density at radius 3 is 2.60 bits per heavy atom. The van der Waals surface area contributed by atoms with E-state index in [1.54, 1.807) is 32.0 Å². The van der Waals surface area contributed by atoms with E-state index in [0.717, 1.165) is 10.0 Å². The molecule has 106 valence electrons. The molecule has 2 rings (SSSR count). The maximum absolute atomic E-state index is 11.9. The molecule has 1 heterocycles. The SMILES string of the molecule is Cc1cc(C(=O)NC(C)C(O)c2ccc(Br)cc2)on1. The molecule has 2 aromatic rings. The number of aromatic nitrogens is 1. The summed E-state index contributed by atoms with van der Waals surface area (Å²) in [5.74, 6) is -0.258. The van der Waals surface area contributed by atoms with E-state index in [2.05, 4.69) is 26.4 Å². The van der Waals surface area contributed by atoms with Crippen LogP contribution in [0, 0.1) is 6.92 Å². The summed E-state index contributed by atoms with van der Waals surface area (Å²) in [5, 5.41) is 16.5. The van der Waals surface area contributed by atoms with Crippen molar-refractivity contribution < 1.29 is 14.4 Å². The minimum absolute atomic E-state index is 0.136. The highest BCUT2D eigenvalue weighted by atomic mass is 79.9. The van der Waals surface area contributed by atoms with Gasteiger partial charge in [0.25, 0.3) is 5.91 Å². The van der Waals surface area contributed by atoms with Crippen molar-refractivity contribution in [3.63, 3.8) is 0 Å². The van der Waals surface area contributed by atoms with Crippen molar-refractivity contribution in [2.24, 2.45) is 0 Å². The molecule has 1 aromatic heterocycles. The fourth-order valence-corrected chi connectivity index (χ4v) is 2.04. The zero-order valence-corrected chi connectivity index (χ0v) is 12.7. The maximum atomic E-state index is 11.9. The largest absolute Gasteiger partial charge is 0.386 e. The first-order chi connectivity index (χ1) is 9.47. The first-order valence-electron chi connectivity index (χ1n) is 6.15. The molecule has 0 bridgehead atoms. The third-order valence-corrected chi connectivity index (χ3v) is 3.42. The van der Waals surface area contributed by atoms with Gasteiger partial charge in [-0.1, -0.05) is 33.2 Å². The van der Waals surface area contributed by atoms with Crippen LogP contribution in [-0.4, -0.2) is 22.2 Å². The highest BCUT2D eigenvalue weighted by molar-refractivity contribution is 9.10. The summed E-state index contributed by atoms with van der Waals surface area (Å²) in [6.07, 6.45) is -0.795. The Bertz CT molecular complexity index is 595. The predicted molar refractivity (Wildman–Crippen MR) is 77.3 cm³/mol. The quantitative estimate of drug-likeness (QED) is 0.898. The molecule has 6 heteroatoms. The molecule has 0 saturated heterocycles. The lowest BCUT2D eigenvalue weighted by atomic mass is 10.0. The molecule has 1 amide bonds. The van der Waals surface area contributed by atoms with Crippen LogP contribution in [0.25, 0.3) is 0 Å². The van der Waals surface area contributed by atoms with Crippen LogP contribution in [-0.2, 0) is 0 Å². The maximum Gasteiger partial charge on any atom is 0.290 e. The van der Waals surface area contributed by atoms with E-state index < -0.39 is 18.1 Å². The van der Waals surface area contributed by atoms with Gasteiger partial charge in [0.2, 0.25) is 5.76 Å². The fraction of sp³-hybridized carbons (Fsp3) is 0.286. The number of hydrogen-bond donors (Lipinski definition) is 2. The molecule has 0 fully saturated rings. The summed E-state index contributed by atoms with van der Waals surface area (Å²) in [6.45, 7) is 3.47. The molecule has 0 aliphatic rings. The van der Waals surface area contributed by atoms with Crippen molar-refractivity contribution in [2.75, 3.05) is 0 Å². The van der Waals surface area contributed by atoms with Gasteiger partial charge in [-0.05, 0) is 31.5 Å². The molecule has 2 N–H and O–H groups in total. The van der Waals surface area contributed by atoms with E-state index in [1.165, 1.54) is 0 Å². The second-order valence-corrected chi connectivity index (χ2v) is 5.51. The number of hydrogen-bond acceptors (Lipinski definition) is 4. The molecular weight excluding hydrogens is 324 g/mol. The summed E-state index contributed by atoms with van der Waals surface area (Å²) in [7, 11) is 0. The normalized spacial score (nSPS) is 13.8. The van der Waals surface area contributed by atoms with Gasteiger partial charge in [-0.2, -0.15) is 0 Å². The number of aliphatic hydroxyl groups excluding tert-OH is 1. The molecule has 20 heavy (non-hydrogen) atoms. The summed E-state index contributed by atoms with van der Waals surface area (Å²) in [4.78, 5) is 11.9. The topological polar surface area (TPSA) is 75.4 Å². The number of nitrogens with one attached hydrogen (secondary N) is 1. The standard InChI is InChI=1S/C14H15BrN2O3/c1-8-7-12(20-17-8)14(19)16-9(2)13(18)10-3-5-11(15)6-4-10/h3-7,9,13,18H,1-2H3,(H,16,19). The van der Waals surface area contributed by atoms with Gasteiger partial charge in [0.1, 0.15) is 0 Å². The third kappa shape index (κ3) is 3.46. The number of benzene rings is 1. The average Bonchev–Trinajstić information content (AvgIpc) is 2.85. The number of aryl methyl sites for hydroxylation is 1. The summed E-state index contributed by atoms with van der Waals surface area (Å²) in [5.41, 5.74) is 1.37. The number of carbonyl (C=O) groups is 1. The molecule has 0 aliphatic heterocycles. The predicted octanol–water partition coefficient (Wildman–Crippen LogP) is 2.60. The minimum Gasteiger partial charge on any atom is -0.386 e. The van der Waals surface area contributed by atoms with Crippen LogP contribution in [0.2, 0.25) is 0 Å². The highest BCUT2D eigenvalue weighted by Crippen LogP contribution is 2.19. The van der Waals surface area contributed by atoms with Crippen molar-refractivity contribution >= 4 is 21.8 Å². The first-order valence-corrected chi connectivity index (χ1v) is 6.94. The average molecular weight is 339 g/mol. The molecule has 2 unspecified atom stereocenters. The van der Waals surface area contributed by atoms with Gasteiger partial charge in [-0.15, -0.1) is 0 Å². The number of nitrogens with zero attached hydrogens (tertiary/aromatic N) is 1. The van der Waals surface area contributed by atoms with Crippen LogP contribution < -0.4 is 5.32 Å². The molecule has 0 saturated carbocycles. The van der Waals surface area contributed by atoms with Crippen molar-refractivity contribution in [3.05, 3.63) is 51.8 Å². The van der Waals surface area contributed by atoms with Crippen LogP contribution in [0.15, 0.2) is 39.3 Å². The molecule has 0 radical (unpaired) electrons. The van der Waals surface area contributed by atoms with Crippen molar-refractivity contribution in [2.45, 2.75) is 26.0 Å². The van der Waals surface area contributed by atoms with Crippen LogP contribution in [0.3, 0.4) is 0 Å². The van der Waals surface area contributed by atoms with Gasteiger partial charge < -0.3 is 14.9 Å². The van der Waals surface area contributed by atoms with Gasteiger partial charge in [-0.3, -0.25) is 4.79 Å². The molecule has 2 atom stereocenters. The van der Waals surface area contributed by atoms with Crippen LogP contribution in [0.1, 0.15) is 34.8 Å². The number of carbonyl (C=O) groups excluding carboxylic acids is 1. The Balaban J connectivity index is 2.02. The monoisotopic (exact) mass is 338 g/mol. The van der Waals surface area contributed by atoms with Gasteiger partial charge in [0.05, 0.1) is 17.8 Å². The zero-order valence-electron chi connectivity index (χ0n) is 11.1. The summed E-state index contributed by atoms with van der Waals surface area (Å²) < 4.78 is 5.81. The second-order valence-electron chi connectivity index (χ2n) is 4.59. The lowest BCUT2D eigenvalue weighted by molar-refractivity contribution is 0.0817. The van der Waals surface area contributed by atoms with E-state index >= 15 is 0 Å². The lowest BCUT2D eigenvalue weighted by Crippen LogP contribution is -2.36. The van der Waals surface area contributed by atoms with Crippen LogP contribution in [0.5, 0.6) is 0 Å². The number of aliphatic hydroxyl groups is 1.